The molecule has 1 aromatic rings. The quantitative estimate of drug-likeness (QED) is 0.704. The minimum Gasteiger partial charge on any atom is -0.497 e. The van der Waals surface area contributed by atoms with Crippen molar-refractivity contribution >= 4 is 15.9 Å². The van der Waals surface area contributed by atoms with E-state index in [1.165, 1.54) is 11.4 Å². The SMILES string of the molecule is CCCCN(CC)S(=O)(=O)CCNC(=O)c1cccc(OC)c1. The molecule has 130 valence electrons. The summed E-state index contributed by atoms with van der Waals surface area (Å²) in [6.07, 6.45) is 1.78. The third-order valence-corrected chi connectivity index (χ3v) is 5.43. The highest BCUT2D eigenvalue weighted by Gasteiger charge is 2.19. The fourth-order valence-corrected chi connectivity index (χ4v) is 3.54. The van der Waals surface area contributed by atoms with E-state index >= 15 is 0 Å². The molecule has 1 rings (SSSR count). The fraction of sp³-hybridized carbons (Fsp3) is 0.562. The smallest absolute Gasteiger partial charge is 0.251 e. The number of carbonyl (C=O) groups excluding carboxylic acids is 1. The molecule has 1 N–H and O–H groups in total. The number of carbonyl (C=O) groups is 1. The molecule has 0 fully saturated rings. The van der Waals surface area contributed by atoms with Crippen LogP contribution < -0.4 is 10.1 Å². The second-order valence-corrected chi connectivity index (χ2v) is 7.24. The molecule has 0 radical (unpaired) electrons. The Morgan fingerprint density at radius 1 is 1.30 bits per heavy atom. The van der Waals surface area contributed by atoms with Gasteiger partial charge in [-0.05, 0) is 24.6 Å². The van der Waals surface area contributed by atoms with Crippen molar-refractivity contribution in [1.29, 1.82) is 0 Å². The lowest BCUT2D eigenvalue weighted by Gasteiger charge is -2.20. The first kappa shape index (κ1) is 19.4. The number of nitrogens with one attached hydrogen (secondary N) is 1. The van der Waals surface area contributed by atoms with Crippen molar-refractivity contribution in [2.45, 2.75) is 26.7 Å². The van der Waals surface area contributed by atoms with E-state index in [1.807, 2.05) is 13.8 Å². The van der Waals surface area contributed by atoms with Crippen molar-refractivity contribution in [3.63, 3.8) is 0 Å². The van der Waals surface area contributed by atoms with E-state index in [0.29, 0.717) is 24.4 Å². The molecule has 0 aliphatic carbocycles. The molecule has 0 atom stereocenters. The van der Waals surface area contributed by atoms with Gasteiger partial charge in [0.05, 0.1) is 12.9 Å². The van der Waals surface area contributed by atoms with Crippen LogP contribution >= 0.6 is 0 Å². The van der Waals surface area contributed by atoms with Crippen LogP contribution in [0.2, 0.25) is 0 Å². The van der Waals surface area contributed by atoms with E-state index in [2.05, 4.69) is 5.32 Å². The first-order valence-electron chi connectivity index (χ1n) is 7.84. The fourth-order valence-electron chi connectivity index (χ4n) is 2.12. The van der Waals surface area contributed by atoms with Gasteiger partial charge >= 0.3 is 0 Å². The van der Waals surface area contributed by atoms with Crippen LogP contribution in [-0.2, 0) is 10.0 Å². The molecule has 0 aliphatic heterocycles. The topological polar surface area (TPSA) is 75.7 Å². The van der Waals surface area contributed by atoms with Crippen LogP contribution in [0.15, 0.2) is 24.3 Å². The predicted molar refractivity (Wildman–Crippen MR) is 91.3 cm³/mol. The van der Waals surface area contributed by atoms with Crippen molar-refractivity contribution in [2.75, 3.05) is 32.5 Å². The summed E-state index contributed by atoms with van der Waals surface area (Å²) >= 11 is 0. The van der Waals surface area contributed by atoms with Crippen LogP contribution in [0.5, 0.6) is 5.75 Å². The molecule has 0 spiro atoms. The Kier molecular flexibility index (Phi) is 8.05. The number of ether oxygens (including phenoxy) is 1. The number of nitrogens with zero attached hydrogens (tertiary/aromatic N) is 1. The summed E-state index contributed by atoms with van der Waals surface area (Å²) in [6.45, 7) is 4.91. The number of hydrogen-bond acceptors (Lipinski definition) is 4. The average Bonchev–Trinajstić information content (AvgIpc) is 2.55. The monoisotopic (exact) mass is 342 g/mol. The number of benzene rings is 1. The second kappa shape index (κ2) is 9.52. The molecule has 0 aliphatic rings. The van der Waals surface area contributed by atoms with Crippen molar-refractivity contribution < 1.29 is 17.9 Å². The van der Waals surface area contributed by atoms with Crippen molar-refractivity contribution in [3.05, 3.63) is 29.8 Å². The van der Waals surface area contributed by atoms with Crippen LogP contribution in [0, 0.1) is 0 Å². The van der Waals surface area contributed by atoms with Gasteiger partial charge in [0.15, 0.2) is 0 Å². The van der Waals surface area contributed by atoms with Gasteiger partial charge in [0.25, 0.3) is 5.91 Å². The van der Waals surface area contributed by atoms with Gasteiger partial charge in [0.2, 0.25) is 10.0 Å². The minimum atomic E-state index is -3.34. The Balaban J connectivity index is 2.55. The van der Waals surface area contributed by atoms with E-state index in [0.717, 1.165) is 12.8 Å². The molecule has 1 amide bonds. The molecular weight excluding hydrogens is 316 g/mol. The van der Waals surface area contributed by atoms with Crippen LogP contribution in [0.25, 0.3) is 0 Å². The van der Waals surface area contributed by atoms with E-state index < -0.39 is 10.0 Å². The Morgan fingerprint density at radius 3 is 2.65 bits per heavy atom. The number of methoxy groups -OCH3 is 1. The van der Waals surface area contributed by atoms with Gasteiger partial charge in [-0.15, -0.1) is 0 Å². The molecule has 1 aromatic carbocycles. The maximum Gasteiger partial charge on any atom is 0.251 e. The van der Waals surface area contributed by atoms with E-state index in [4.69, 9.17) is 4.74 Å². The minimum absolute atomic E-state index is 0.0843. The maximum atomic E-state index is 12.2. The molecule has 0 saturated heterocycles. The summed E-state index contributed by atoms with van der Waals surface area (Å²) in [5, 5.41) is 2.64. The van der Waals surface area contributed by atoms with Gasteiger partial charge in [-0.25, -0.2) is 12.7 Å². The molecule has 7 heteroatoms. The molecule has 0 bridgehead atoms. The van der Waals surface area contributed by atoms with Gasteiger partial charge in [0, 0.05) is 25.2 Å². The molecule has 0 heterocycles. The normalized spacial score (nSPS) is 11.5. The molecular formula is C16H26N2O4S. The van der Waals surface area contributed by atoms with Crippen LogP contribution in [0.3, 0.4) is 0 Å². The van der Waals surface area contributed by atoms with Gasteiger partial charge in [0.1, 0.15) is 5.75 Å². The zero-order valence-corrected chi connectivity index (χ0v) is 14.9. The first-order chi connectivity index (χ1) is 10.9. The summed E-state index contributed by atoms with van der Waals surface area (Å²) in [5.74, 6) is 0.179. The highest BCUT2D eigenvalue weighted by Crippen LogP contribution is 2.12. The number of sulfonamides is 1. The third kappa shape index (κ3) is 6.19. The first-order valence-corrected chi connectivity index (χ1v) is 9.45. The molecule has 0 saturated carbocycles. The lowest BCUT2D eigenvalue weighted by atomic mass is 10.2. The summed E-state index contributed by atoms with van der Waals surface area (Å²) in [7, 11) is -1.81. The lowest BCUT2D eigenvalue weighted by Crippen LogP contribution is -2.38. The highest BCUT2D eigenvalue weighted by atomic mass is 32.2. The van der Waals surface area contributed by atoms with Crippen LogP contribution in [0.4, 0.5) is 0 Å². The van der Waals surface area contributed by atoms with Crippen molar-refractivity contribution in [3.8, 4) is 5.75 Å². The van der Waals surface area contributed by atoms with Gasteiger partial charge in [-0.2, -0.15) is 0 Å². The van der Waals surface area contributed by atoms with Gasteiger partial charge in [-0.1, -0.05) is 26.3 Å². The second-order valence-electron chi connectivity index (χ2n) is 5.15. The Bertz CT molecular complexity index is 602. The number of hydrogen-bond donors (Lipinski definition) is 1. The van der Waals surface area contributed by atoms with Crippen molar-refractivity contribution in [2.24, 2.45) is 0 Å². The molecule has 6 nitrogen and oxygen atoms in total. The Labute approximate surface area is 138 Å². The lowest BCUT2D eigenvalue weighted by molar-refractivity contribution is 0.0955. The summed E-state index contributed by atoms with van der Waals surface area (Å²) in [6, 6.07) is 6.73. The third-order valence-electron chi connectivity index (χ3n) is 3.48. The highest BCUT2D eigenvalue weighted by molar-refractivity contribution is 7.89. The summed E-state index contributed by atoms with van der Waals surface area (Å²) < 4.78 is 31.0. The van der Waals surface area contributed by atoms with Crippen LogP contribution in [0.1, 0.15) is 37.0 Å². The largest absolute Gasteiger partial charge is 0.497 e. The summed E-state index contributed by atoms with van der Waals surface area (Å²) in [4.78, 5) is 12.0. The standard InChI is InChI=1S/C16H26N2O4S/c1-4-6-11-18(5-2)23(20,21)12-10-17-16(19)14-8-7-9-15(13-14)22-3/h7-9,13H,4-6,10-12H2,1-3H3,(H,17,19). The van der Waals surface area contributed by atoms with Gasteiger partial charge in [-0.3, -0.25) is 4.79 Å². The number of amides is 1. The Morgan fingerprint density at radius 2 is 2.04 bits per heavy atom. The zero-order valence-electron chi connectivity index (χ0n) is 14.0. The summed E-state index contributed by atoms with van der Waals surface area (Å²) in [5.41, 5.74) is 0.445. The maximum absolute atomic E-state index is 12.2. The molecule has 0 unspecified atom stereocenters. The predicted octanol–water partition coefficient (Wildman–Crippen LogP) is 1.88. The molecule has 0 aromatic heterocycles. The average molecular weight is 342 g/mol. The van der Waals surface area contributed by atoms with Gasteiger partial charge < -0.3 is 10.1 Å². The van der Waals surface area contributed by atoms with E-state index in [-0.39, 0.29) is 18.2 Å². The van der Waals surface area contributed by atoms with E-state index in [9.17, 15) is 13.2 Å². The van der Waals surface area contributed by atoms with Crippen molar-refractivity contribution in [1.82, 2.24) is 9.62 Å². The number of rotatable bonds is 10. The number of unbranched alkanes of at least 4 members (excludes halogenated alkanes) is 1. The molecule has 23 heavy (non-hydrogen) atoms. The van der Waals surface area contributed by atoms with E-state index in [1.54, 1.807) is 24.3 Å². The van der Waals surface area contributed by atoms with Crippen LogP contribution in [-0.4, -0.2) is 51.1 Å². The zero-order chi connectivity index (χ0) is 17.3. The Hall–Kier alpha value is -1.60.